The number of benzene rings is 4. The first-order chi connectivity index (χ1) is 23.5. The van der Waals surface area contributed by atoms with Crippen molar-refractivity contribution in [1.29, 1.82) is 0 Å². The fourth-order valence-electron chi connectivity index (χ4n) is 5.50. The minimum Gasteiger partial charge on any atom is -0.480 e. The first-order valence-corrected chi connectivity index (χ1v) is 16.0. The molecule has 0 saturated carbocycles. The van der Waals surface area contributed by atoms with Gasteiger partial charge in [0.05, 0.1) is 33.0 Å². The summed E-state index contributed by atoms with van der Waals surface area (Å²) in [5, 5.41) is 9.31. The van der Waals surface area contributed by atoms with Crippen molar-refractivity contribution in [2.24, 2.45) is 5.73 Å². The summed E-state index contributed by atoms with van der Waals surface area (Å²) in [4.78, 5) is 11.4. The summed E-state index contributed by atoms with van der Waals surface area (Å²) < 4.78 is 47.9. The number of halogens is 1. The molecule has 0 radical (unpaired) electrons. The zero-order valence-electron chi connectivity index (χ0n) is 26.7. The first-order valence-electron chi connectivity index (χ1n) is 16.0. The van der Waals surface area contributed by atoms with Crippen LogP contribution >= 0.6 is 0 Å². The Kier molecular flexibility index (Phi) is 13.4. The van der Waals surface area contributed by atoms with Gasteiger partial charge in [-0.25, -0.2) is 4.39 Å². The van der Waals surface area contributed by atoms with Crippen LogP contribution in [0.3, 0.4) is 0 Å². The van der Waals surface area contributed by atoms with E-state index in [0.717, 1.165) is 22.3 Å². The molecule has 1 aliphatic heterocycles. The van der Waals surface area contributed by atoms with Crippen molar-refractivity contribution in [3.8, 4) is 0 Å². The Labute approximate surface area is 280 Å². The Morgan fingerprint density at radius 1 is 0.688 bits per heavy atom. The minimum atomic E-state index is -1.41. The van der Waals surface area contributed by atoms with Crippen LogP contribution in [0.4, 0.5) is 4.39 Å². The van der Waals surface area contributed by atoms with E-state index in [1.165, 1.54) is 6.08 Å². The molecule has 9 heteroatoms. The lowest BCUT2D eigenvalue weighted by Gasteiger charge is -2.45. The van der Waals surface area contributed by atoms with Gasteiger partial charge in [0.1, 0.15) is 42.4 Å². The van der Waals surface area contributed by atoms with Crippen molar-refractivity contribution < 1.29 is 38.0 Å². The number of aliphatic carboxylic acids is 1. The van der Waals surface area contributed by atoms with Gasteiger partial charge in [0, 0.05) is 6.42 Å². The topological polar surface area (TPSA) is 109 Å². The monoisotopic (exact) mass is 655 g/mol. The van der Waals surface area contributed by atoms with Gasteiger partial charge < -0.3 is 34.5 Å². The Morgan fingerprint density at radius 3 is 1.56 bits per heavy atom. The average Bonchev–Trinajstić information content (AvgIpc) is 3.11. The highest BCUT2D eigenvalue weighted by atomic mass is 19.1. The van der Waals surface area contributed by atoms with Crippen molar-refractivity contribution >= 4 is 5.97 Å². The molecule has 6 atom stereocenters. The summed E-state index contributed by atoms with van der Waals surface area (Å²) in [5.74, 6) is -2.02. The third-order valence-electron chi connectivity index (χ3n) is 8.00. The fourth-order valence-corrected chi connectivity index (χ4v) is 5.50. The molecular formula is C39H42FNO7. The lowest BCUT2D eigenvalue weighted by atomic mass is 9.93. The summed E-state index contributed by atoms with van der Waals surface area (Å²) in [5.41, 5.74) is 9.47. The molecule has 0 amide bonds. The zero-order chi connectivity index (χ0) is 33.6. The summed E-state index contributed by atoms with van der Waals surface area (Å²) in [6.45, 7) is 1.15. The second kappa shape index (κ2) is 18.4. The van der Waals surface area contributed by atoms with E-state index >= 15 is 4.39 Å². The van der Waals surface area contributed by atoms with E-state index in [1.54, 1.807) is 0 Å². The maximum absolute atomic E-state index is 15.5. The molecule has 0 aromatic heterocycles. The Morgan fingerprint density at radius 2 is 1.10 bits per heavy atom. The number of nitrogens with two attached hydrogens (primary N) is 1. The van der Waals surface area contributed by atoms with Gasteiger partial charge in [-0.05, 0) is 28.3 Å². The predicted octanol–water partition coefficient (Wildman–Crippen LogP) is 6.38. The molecule has 5 rings (SSSR count). The van der Waals surface area contributed by atoms with Crippen LogP contribution in [0.25, 0.3) is 0 Å². The number of hydrogen-bond donors (Lipinski definition) is 2. The van der Waals surface area contributed by atoms with E-state index in [0.29, 0.717) is 6.61 Å². The van der Waals surface area contributed by atoms with Gasteiger partial charge in [0.25, 0.3) is 0 Å². The lowest BCUT2D eigenvalue weighted by molar-refractivity contribution is -0.263. The molecule has 48 heavy (non-hydrogen) atoms. The van der Waals surface area contributed by atoms with E-state index in [-0.39, 0.29) is 26.4 Å². The van der Waals surface area contributed by atoms with E-state index in [2.05, 4.69) is 0 Å². The molecule has 1 aliphatic rings. The van der Waals surface area contributed by atoms with Crippen LogP contribution in [0.15, 0.2) is 133 Å². The highest BCUT2D eigenvalue weighted by Crippen LogP contribution is 2.32. The number of ether oxygens (including phenoxy) is 5. The summed E-state index contributed by atoms with van der Waals surface area (Å²) >= 11 is 0. The molecule has 252 valence electrons. The quantitative estimate of drug-likeness (QED) is 0.135. The van der Waals surface area contributed by atoms with Crippen LogP contribution < -0.4 is 5.73 Å². The largest absolute Gasteiger partial charge is 0.480 e. The molecule has 1 fully saturated rings. The third-order valence-corrected chi connectivity index (χ3v) is 8.00. The van der Waals surface area contributed by atoms with Crippen molar-refractivity contribution in [2.45, 2.75) is 69.4 Å². The highest BCUT2D eigenvalue weighted by Gasteiger charge is 2.48. The average molecular weight is 656 g/mol. The van der Waals surface area contributed by atoms with Crippen LogP contribution in [-0.2, 0) is 54.9 Å². The lowest BCUT2D eigenvalue weighted by Crippen LogP contribution is -2.60. The van der Waals surface area contributed by atoms with Crippen molar-refractivity contribution in [3.63, 3.8) is 0 Å². The smallest absolute Gasteiger partial charge is 0.320 e. The Bertz CT molecular complexity index is 1540. The first kappa shape index (κ1) is 35.1. The standard InChI is InChI=1S/C39H42FNO7/c40-32(21-33(41)39(42)43)22-34-36(45-24-29-15-7-2-8-16-29)38(47-26-31-19-11-4-12-20-31)37(46-25-30-17-9-3-10-18-30)35(48-34)27-44-23-28-13-5-1-6-14-28/h1-20,22,33-38H,21,23-27,41H2,(H,42,43)/b32-22-/t33-,34-,35+,36-,37+,38+/m0/s1. The van der Waals surface area contributed by atoms with E-state index < -0.39 is 54.8 Å². The summed E-state index contributed by atoms with van der Waals surface area (Å²) in [7, 11) is 0. The van der Waals surface area contributed by atoms with Gasteiger partial charge in [0.15, 0.2) is 0 Å². The molecule has 0 aliphatic carbocycles. The molecule has 4 aromatic carbocycles. The molecule has 0 unspecified atom stereocenters. The number of carboxylic acid groups (broad SMARTS) is 1. The zero-order valence-corrected chi connectivity index (χ0v) is 26.7. The summed E-state index contributed by atoms with van der Waals surface area (Å²) in [6, 6.07) is 37.4. The molecular weight excluding hydrogens is 613 g/mol. The second-order valence-corrected chi connectivity index (χ2v) is 11.7. The fraction of sp³-hybridized carbons (Fsp3) is 0.308. The van der Waals surface area contributed by atoms with Crippen LogP contribution in [0.5, 0.6) is 0 Å². The molecule has 0 spiro atoms. The molecule has 8 nitrogen and oxygen atoms in total. The molecule has 4 aromatic rings. The van der Waals surface area contributed by atoms with Gasteiger partial charge >= 0.3 is 5.97 Å². The molecule has 1 saturated heterocycles. The number of rotatable bonds is 17. The van der Waals surface area contributed by atoms with E-state index in [9.17, 15) is 9.90 Å². The van der Waals surface area contributed by atoms with Gasteiger partial charge in [-0.15, -0.1) is 0 Å². The number of hydrogen-bond acceptors (Lipinski definition) is 7. The van der Waals surface area contributed by atoms with Crippen molar-refractivity contribution in [2.75, 3.05) is 6.61 Å². The van der Waals surface area contributed by atoms with E-state index in [1.807, 2.05) is 121 Å². The summed E-state index contributed by atoms with van der Waals surface area (Å²) in [6.07, 6.45) is -3.19. The molecule has 0 bridgehead atoms. The van der Waals surface area contributed by atoms with Crippen molar-refractivity contribution in [1.82, 2.24) is 0 Å². The molecule has 1 heterocycles. The van der Waals surface area contributed by atoms with Gasteiger partial charge in [-0.1, -0.05) is 121 Å². The maximum atomic E-state index is 15.5. The van der Waals surface area contributed by atoms with E-state index in [4.69, 9.17) is 29.4 Å². The molecule has 3 N–H and O–H groups in total. The number of carbonyl (C=O) groups is 1. The van der Waals surface area contributed by atoms with Gasteiger partial charge in [-0.2, -0.15) is 0 Å². The second-order valence-electron chi connectivity index (χ2n) is 11.7. The predicted molar refractivity (Wildman–Crippen MR) is 179 cm³/mol. The van der Waals surface area contributed by atoms with Crippen LogP contribution in [0.2, 0.25) is 0 Å². The van der Waals surface area contributed by atoms with Gasteiger partial charge in [0.2, 0.25) is 0 Å². The normalized spacial score (nSPS) is 21.9. The third kappa shape index (κ3) is 10.6. The van der Waals surface area contributed by atoms with Crippen LogP contribution in [0.1, 0.15) is 28.7 Å². The SMILES string of the molecule is N[C@@H](C/C(F)=C/[C@@H]1O[C@H](COCc2ccccc2)[C@@H](OCc2ccccc2)[C@H](OCc2ccccc2)[C@H]1OCc1ccccc1)C(=O)O. The minimum absolute atomic E-state index is 0.117. The van der Waals surface area contributed by atoms with Crippen LogP contribution in [-0.4, -0.2) is 54.2 Å². The number of carboxylic acids is 1. The van der Waals surface area contributed by atoms with Gasteiger partial charge in [-0.3, -0.25) is 4.79 Å². The maximum Gasteiger partial charge on any atom is 0.320 e. The highest BCUT2D eigenvalue weighted by molar-refractivity contribution is 5.73. The van der Waals surface area contributed by atoms with Crippen LogP contribution in [0, 0.1) is 0 Å². The Hall–Kier alpha value is -4.22. The van der Waals surface area contributed by atoms with Crippen molar-refractivity contribution in [3.05, 3.63) is 155 Å². The Balaban J connectivity index is 1.48.